The van der Waals surface area contributed by atoms with Crippen LogP contribution in [0.5, 0.6) is 0 Å². The highest BCUT2D eigenvalue weighted by Gasteiger charge is 2.02. The Bertz CT molecular complexity index is 246. The van der Waals surface area contributed by atoms with Crippen LogP contribution >= 0.6 is 11.6 Å². The normalized spacial score (nSPS) is 9.70. The zero-order valence-electron chi connectivity index (χ0n) is 4.97. The molecular formula is C5H5ClN2O2. The predicted octanol–water partition coefficient (Wildman–Crippen LogP) is 0.690. The molecule has 1 heterocycles. The molecule has 5 heteroatoms. The lowest BCUT2D eigenvalue weighted by atomic mass is 10.3. The molecular weight excluding hydrogens is 156 g/mol. The van der Waals surface area contributed by atoms with E-state index in [1.165, 1.54) is 6.07 Å². The third-order valence-electron chi connectivity index (χ3n) is 0.941. The summed E-state index contributed by atoms with van der Waals surface area (Å²) in [6.45, 7) is 0. The summed E-state index contributed by atoms with van der Waals surface area (Å²) in [6, 6.07) is 1.48. The SMILES string of the molecule is O=C(O)Cc1cc(Cl)n[nH]1. The number of nitrogens with zero attached hydrogens (tertiary/aromatic N) is 1. The van der Waals surface area contributed by atoms with E-state index in [2.05, 4.69) is 10.2 Å². The Hall–Kier alpha value is -1.03. The number of rotatable bonds is 2. The number of nitrogens with one attached hydrogen (secondary N) is 1. The van der Waals surface area contributed by atoms with Gasteiger partial charge >= 0.3 is 5.97 Å². The van der Waals surface area contributed by atoms with E-state index in [4.69, 9.17) is 16.7 Å². The predicted molar refractivity (Wildman–Crippen MR) is 34.9 cm³/mol. The van der Waals surface area contributed by atoms with Crippen molar-refractivity contribution in [3.8, 4) is 0 Å². The maximum atomic E-state index is 10.1. The Morgan fingerprint density at radius 3 is 3.00 bits per heavy atom. The monoisotopic (exact) mass is 160 g/mol. The molecule has 0 saturated heterocycles. The van der Waals surface area contributed by atoms with E-state index in [9.17, 15) is 4.79 Å². The Balaban J connectivity index is 2.67. The molecule has 1 aromatic heterocycles. The fourth-order valence-corrected chi connectivity index (χ4v) is 0.761. The molecule has 0 radical (unpaired) electrons. The maximum Gasteiger partial charge on any atom is 0.309 e. The Morgan fingerprint density at radius 1 is 1.90 bits per heavy atom. The molecule has 0 atom stereocenters. The number of hydrogen-bond donors (Lipinski definition) is 2. The minimum absolute atomic E-state index is 0.0697. The molecule has 10 heavy (non-hydrogen) atoms. The molecule has 0 amide bonds. The molecule has 4 nitrogen and oxygen atoms in total. The van der Waals surface area contributed by atoms with Gasteiger partial charge in [-0.3, -0.25) is 9.89 Å². The molecule has 0 aromatic carbocycles. The van der Waals surface area contributed by atoms with Crippen molar-refractivity contribution in [2.24, 2.45) is 0 Å². The van der Waals surface area contributed by atoms with Gasteiger partial charge in [0.2, 0.25) is 0 Å². The van der Waals surface area contributed by atoms with E-state index in [1.807, 2.05) is 0 Å². The highest BCUT2D eigenvalue weighted by atomic mass is 35.5. The molecule has 2 N–H and O–H groups in total. The summed E-state index contributed by atoms with van der Waals surface area (Å²) in [5, 5.41) is 14.6. The van der Waals surface area contributed by atoms with Crippen molar-refractivity contribution in [1.82, 2.24) is 10.2 Å². The Labute approximate surface area is 61.8 Å². The fraction of sp³-hybridized carbons (Fsp3) is 0.200. The van der Waals surface area contributed by atoms with Gasteiger partial charge in [0, 0.05) is 5.69 Å². The molecule has 0 bridgehead atoms. The molecule has 0 saturated carbocycles. The number of aromatic amines is 1. The van der Waals surface area contributed by atoms with Crippen molar-refractivity contribution in [1.29, 1.82) is 0 Å². The van der Waals surface area contributed by atoms with E-state index in [1.54, 1.807) is 0 Å². The molecule has 1 aromatic rings. The van der Waals surface area contributed by atoms with E-state index < -0.39 is 5.97 Å². The van der Waals surface area contributed by atoms with Gasteiger partial charge in [-0.2, -0.15) is 5.10 Å². The van der Waals surface area contributed by atoms with Crippen LogP contribution in [-0.4, -0.2) is 21.3 Å². The van der Waals surface area contributed by atoms with Gasteiger partial charge in [-0.05, 0) is 6.07 Å². The van der Waals surface area contributed by atoms with Gasteiger partial charge in [-0.25, -0.2) is 0 Å². The molecule has 0 fully saturated rings. The van der Waals surface area contributed by atoms with Crippen molar-refractivity contribution in [3.05, 3.63) is 16.9 Å². The molecule has 0 aliphatic carbocycles. The van der Waals surface area contributed by atoms with E-state index in [0.717, 1.165) is 0 Å². The van der Waals surface area contributed by atoms with Crippen molar-refractivity contribution < 1.29 is 9.90 Å². The lowest BCUT2D eigenvalue weighted by Gasteiger charge is -1.85. The molecule has 54 valence electrons. The van der Waals surface area contributed by atoms with Crippen LogP contribution < -0.4 is 0 Å². The molecule has 1 rings (SSSR count). The highest BCUT2D eigenvalue weighted by molar-refractivity contribution is 6.29. The fourth-order valence-electron chi connectivity index (χ4n) is 0.587. The number of halogens is 1. The topological polar surface area (TPSA) is 66.0 Å². The lowest BCUT2D eigenvalue weighted by molar-refractivity contribution is -0.136. The van der Waals surface area contributed by atoms with Crippen LogP contribution in [0.3, 0.4) is 0 Å². The largest absolute Gasteiger partial charge is 0.481 e. The summed E-state index contributed by atoms with van der Waals surface area (Å²) in [5.41, 5.74) is 0.512. The Morgan fingerprint density at radius 2 is 2.60 bits per heavy atom. The van der Waals surface area contributed by atoms with Gasteiger partial charge in [0.1, 0.15) is 0 Å². The van der Waals surface area contributed by atoms with Gasteiger partial charge in [-0.15, -0.1) is 0 Å². The van der Waals surface area contributed by atoms with Crippen LogP contribution in [0.25, 0.3) is 0 Å². The second-order valence-electron chi connectivity index (χ2n) is 1.79. The van der Waals surface area contributed by atoms with Crippen LogP contribution in [0.15, 0.2) is 6.07 Å². The lowest BCUT2D eigenvalue weighted by Crippen LogP contribution is -1.99. The average molecular weight is 161 g/mol. The van der Waals surface area contributed by atoms with Gasteiger partial charge in [-0.1, -0.05) is 11.6 Å². The van der Waals surface area contributed by atoms with Crippen LogP contribution in [-0.2, 0) is 11.2 Å². The van der Waals surface area contributed by atoms with Crippen LogP contribution in [0.1, 0.15) is 5.69 Å². The molecule has 0 aliphatic heterocycles. The van der Waals surface area contributed by atoms with E-state index in [0.29, 0.717) is 5.69 Å². The van der Waals surface area contributed by atoms with Gasteiger partial charge < -0.3 is 5.11 Å². The number of carboxylic acid groups (broad SMARTS) is 1. The minimum atomic E-state index is -0.902. The van der Waals surface area contributed by atoms with Gasteiger partial charge in [0.25, 0.3) is 0 Å². The highest BCUT2D eigenvalue weighted by Crippen LogP contribution is 2.05. The van der Waals surface area contributed by atoms with E-state index >= 15 is 0 Å². The van der Waals surface area contributed by atoms with Crippen LogP contribution in [0.2, 0.25) is 5.15 Å². The van der Waals surface area contributed by atoms with Crippen molar-refractivity contribution >= 4 is 17.6 Å². The Kier molecular flexibility index (Phi) is 1.91. The number of hydrogen-bond acceptors (Lipinski definition) is 2. The number of carbonyl (C=O) groups is 1. The molecule has 0 unspecified atom stereocenters. The second kappa shape index (κ2) is 2.70. The summed E-state index contributed by atoms with van der Waals surface area (Å²) >= 11 is 5.41. The zero-order chi connectivity index (χ0) is 7.56. The van der Waals surface area contributed by atoms with Crippen LogP contribution in [0.4, 0.5) is 0 Å². The first-order valence-corrected chi connectivity index (χ1v) is 2.98. The summed E-state index contributed by atoms with van der Waals surface area (Å²) in [6.07, 6.45) is -0.0697. The minimum Gasteiger partial charge on any atom is -0.481 e. The quantitative estimate of drug-likeness (QED) is 0.669. The average Bonchev–Trinajstić information content (AvgIpc) is 2.13. The van der Waals surface area contributed by atoms with E-state index in [-0.39, 0.29) is 11.6 Å². The second-order valence-corrected chi connectivity index (χ2v) is 2.17. The van der Waals surface area contributed by atoms with Crippen molar-refractivity contribution in [2.75, 3.05) is 0 Å². The standard InChI is InChI=1S/C5H5ClN2O2/c6-4-1-3(7-8-4)2-5(9)10/h1H,2H2,(H,7,8)(H,9,10). The number of aromatic nitrogens is 2. The van der Waals surface area contributed by atoms with Gasteiger partial charge in [0.15, 0.2) is 5.15 Å². The van der Waals surface area contributed by atoms with Crippen molar-refractivity contribution in [3.63, 3.8) is 0 Å². The number of aliphatic carboxylic acids is 1. The first-order valence-electron chi connectivity index (χ1n) is 2.60. The summed E-state index contributed by atoms with van der Waals surface area (Å²) in [5.74, 6) is -0.902. The number of carboxylic acids is 1. The van der Waals surface area contributed by atoms with Gasteiger partial charge in [0.05, 0.1) is 6.42 Å². The summed E-state index contributed by atoms with van der Waals surface area (Å²) in [7, 11) is 0. The zero-order valence-corrected chi connectivity index (χ0v) is 5.72. The third-order valence-corrected chi connectivity index (χ3v) is 1.13. The molecule has 0 aliphatic rings. The van der Waals surface area contributed by atoms with Crippen LogP contribution in [0, 0.1) is 0 Å². The molecule has 0 spiro atoms. The first-order chi connectivity index (χ1) is 4.68. The first kappa shape index (κ1) is 7.08. The maximum absolute atomic E-state index is 10.1. The number of H-pyrrole nitrogens is 1. The summed E-state index contributed by atoms with van der Waals surface area (Å²) in [4.78, 5) is 10.1. The smallest absolute Gasteiger partial charge is 0.309 e. The van der Waals surface area contributed by atoms with Crippen molar-refractivity contribution in [2.45, 2.75) is 6.42 Å². The third kappa shape index (κ3) is 1.73. The summed E-state index contributed by atoms with van der Waals surface area (Å²) < 4.78 is 0.